The first-order valence-corrected chi connectivity index (χ1v) is 14.5. The van der Waals surface area contributed by atoms with Crippen molar-refractivity contribution in [3.05, 3.63) is 65.0 Å². The Morgan fingerprint density at radius 3 is 2.49 bits per heavy atom. The van der Waals surface area contributed by atoms with Crippen LogP contribution in [-0.4, -0.2) is 62.2 Å². The largest absolute Gasteiger partial charge is 0.481 e. The summed E-state index contributed by atoms with van der Waals surface area (Å²) in [6.07, 6.45) is 3.64. The van der Waals surface area contributed by atoms with Crippen LogP contribution in [-0.2, 0) is 16.0 Å². The van der Waals surface area contributed by atoms with Crippen LogP contribution in [0.15, 0.2) is 48.0 Å². The Hall–Kier alpha value is -3.99. The average Bonchev–Trinajstić information content (AvgIpc) is 3.56. The number of nitrogens with zero attached hydrogens (tertiary/aromatic N) is 5. The Bertz CT molecular complexity index is 1550. The molecule has 0 spiro atoms. The number of imidazole rings is 1. The van der Waals surface area contributed by atoms with Crippen molar-refractivity contribution in [1.82, 2.24) is 19.3 Å². The van der Waals surface area contributed by atoms with Crippen LogP contribution < -0.4 is 4.90 Å². The number of carbonyl (C=O) groups is 2. The molecular weight excluding hydrogens is 545 g/mol. The maximum absolute atomic E-state index is 13.4. The molecule has 1 amide bonds. The first-order chi connectivity index (χ1) is 19.5. The third-order valence-electron chi connectivity index (χ3n) is 7.12. The molecule has 1 saturated heterocycles. The van der Waals surface area contributed by atoms with E-state index in [4.69, 9.17) is 14.7 Å². The van der Waals surface area contributed by atoms with Crippen LogP contribution in [0.2, 0.25) is 0 Å². The smallest absolute Gasteiger partial charge is 0.410 e. The summed E-state index contributed by atoms with van der Waals surface area (Å²) in [4.78, 5) is 37.2. The van der Waals surface area contributed by atoms with Crippen LogP contribution in [0, 0.1) is 5.82 Å². The number of piperidine rings is 1. The maximum Gasteiger partial charge on any atom is 0.410 e. The summed E-state index contributed by atoms with van der Waals surface area (Å²) in [6.45, 7) is 6.83. The molecule has 9 nitrogen and oxygen atoms in total. The van der Waals surface area contributed by atoms with Crippen LogP contribution in [0.3, 0.4) is 0 Å². The molecule has 0 saturated carbocycles. The summed E-state index contributed by atoms with van der Waals surface area (Å²) in [7, 11) is 1.90. The monoisotopic (exact) mass is 579 g/mol. The van der Waals surface area contributed by atoms with Crippen molar-refractivity contribution in [2.24, 2.45) is 0 Å². The van der Waals surface area contributed by atoms with E-state index in [0.717, 1.165) is 41.1 Å². The van der Waals surface area contributed by atoms with Gasteiger partial charge in [0, 0.05) is 43.7 Å². The Labute approximate surface area is 242 Å². The molecule has 0 atom stereocenters. The Kier molecular flexibility index (Phi) is 7.99. The van der Waals surface area contributed by atoms with Gasteiger partial charge in [-0.2, -0.15) is 0 Å². The fourth-order valence-corrected chi connectivity index (χ4v) is 5.87. The van der Waals surface area contributed by atoms with Crippen LogP contribution in [0.25, 0.3) is 16.9 Å². The van der Waals surface area contributed by atoms with Gasteiger partial charge < -0.3 is 19.6 Å². The van der Waals surface area contributed by atoms with E-state index >= 15 is 0 Å². The molecule has 1 aromatic carbocycles. The predicted molar refractivity (Wildman–Crippen MR) is 157 cm³/mol. The molecule has 3 aromatic heterocycles. The van der Waals surface area contributed by atoms with Gasteiger partial charge in [-0.15, -0.1) is 11.3 Å². The highest BCUT2D eigenvalue weighted by molar-refractivity contribution is 7.14. The number of halogens is 1. The minimum Gasteiger partial charge on any atom is -0.481 e. The number of carboxylic acid groups (broad SMARTS) is 1. The molecular formula is C30H34FN5O4S. The molecule has 0 aliphatic carbocycles. The quantitative estimate of drug-likeness (QED) is 0.267. The number of ether oxygens (including phenoxy) is 1. The Morgan fingerprint density at radius 2 is 1.83 bits per heavy atom. The molecule has 1 N–H and O–H groups in total. The normalized spacial score (nSPS) is 14.4. The van der Waals surface area contributed by atoms with Crippen molar-refractivity contribution in [3.63, 3.8) is 0 Å². The van der Waals surface area contributed by atoms with Crippen LogP contribution in [0.4, 0.5) is 20.1 Å². The van der Waals surface area contributed by atoms with E-state index in [2.05, 4.69) is 12.3 Å². The zero-order valence-corrected chi connectivity index (χ0v) is 24.4. The predicted octanol–water partition coefficient (Wildman–Crippen LogP) is 6.50. The van der Waals surface area contributed by atoms with Gasteiger partial charge in [0.1, 0.15) is 22.9 Å². The van der Waals surface area contributed by atoms with Crippen molar-refractivity contribution < 1.29 is 23.8 Å². The lowest BCUT2D eigenvalue weighted by atomic mass is 9.90. The van der Waals surface area contributed by atoms with Gasteiger partial charge in [0.2, 0.25) is 0 Å². The molecule has 0 radical (unpaired) electrons. The van der Waals surface area contributed by atoms with Crippen LogP contribution in [0.5, 0.6) is 0 Å². The fourth-order valence-electron chi connectivity index (χ4n) is 5.07. The lowest BCUT2D eigenvalue weighted by Crippen LogP contribution is -2.41. The highest BCUT2D eigenvalue weighted by Crippen LogP contribution is 2.36. The van der Waals surface area contributed by atoms with E-state index in [9.17, 15) is 19.1 Å². The second-order valence-electron chi connectivity index (χ2n) is 11.3. The van der Waals surface area contributed by atoms with Crippen LogP contribution >= 0.6 is 11.3 Å². The highest BCUT2D eigenvalue weighted by Gasteiger charge is 2.28. The topological polar surface area (TPSA) is 100 Å². The van der Waals surface area contributed by atoms with Crippen molar-refractivity contribution in [2.75, 3.05) is 25.0 Å². The number of amides is 1. The van der Waals surface area contributed by atoms with Gasteiger partial charge in [-0.05, 0) is 75.4 Å². The number of hydrogen-bond donors (Lipinski definition) is 1. The second kappa shape index (κ2) is 11.5. The molecule has 11 heteroatoms. The van der Waals surface area contributed by atoms with Gasteiger partial charge in [0.15, 0.2) is 5.13 Å². The third-order valence-corrected chi connectivity index (χ3v) is 8.03. The number of hydrogen-bond acceptors (Lipinski definition) is 7. The average molecular weight is 580 g/mol. The fraction of sp³-hybridized carbons (Fsp3) is 0.400. The Morgan fingerprint density at radius 1 is 1.12 bits per heavy atom. The number of carbonyl (C=O) groups excluding carboxylic acids is 1. The van der Waals surface area contributed by atoms with Crippen LogP contribution in [0.1, 0.15) is 57.2 Å². The summed E-state index contributed by atoms with van der Waals surface area (Å²) in [5.74, 6) is -0.178. The van der Waals surface area contributed by atoms with Gasteiger partial charge in [-0.1, -0.05) is 6.07 Å². The number of likely N-dealkylation sites (tertiary alicyclic amines) is 1. The van der Waals surface area contributed by atoms with Gasteiger partial charge in [0.25, 0.3) is 0 Å². The SMILES string of the molecule is CN(c1nc(-c2ccc(F)cc2)cs1)c1c(CCC(=O)O)nc2ccc(C3CCN(C(=O)OC(C)(C)C)CC3)cn12. The standard InChI is InChI=1S/C30H34FN5O4S/c1-30(2,3)40-29(39)35-15-13-19(14-16-35)21-7-11-25-32-23(10-12-26(37)38)27(36(25)17-21)34(4)28-33-24(18-41-28)20-5-8-22(31)9-6-20/h5-9,11,17-19H,10,12-16H2,1-4H3,(H,37,38). The number of benzene rings is 1. The van der Waals surface area contributed by atoms with Gasteiger partial charge >= 0.3 is 12.1 Å². The third kappa shape index (κ3) is 6.51. The highest BCUT2D eigenvalue weighted by atomic mass is 32.1. The van der Waals surface area contributed by atoms with E-state index in [-0.39, 0.29) is 30.7 Å². The Balaban J connectivity index is 1.43. The van der Waals surface area contributed by atoms with Gasteiger partial charge in [-0.25, -0.2) is 19.2 Å². The number of carboxylic acids is 1. The summed E-state index contributed by atoms with van der Waals surface area (Å²) < 4.78 is 21.0. The minimum atomic E-state index is -0.888. The molecule has 1 fully saturated rings. The number of aromatic nitrogens is 3. The van der Waals surface area contributed by atoms with Crippen molar-refractivity contribution >= 4 is 40.0 Å². The molecule has 5 rings (SSSR count). The van der Waals surface area contributed by atoms with E-state index in [1.54, 1.807) is 17.0 Å². The number of aryl methyl sites for hydroxylation is 1. The van der Waals surface area contributed by atoms with E-state index in [1.807, 2.05) is 48.6 Å². The lowest BCUT2D eigenvalue weighted by molar-refractivity contribution is -0.136. The van der Waals surface area contributed by atoms with Crippen molar-refractivity contribution in [3.8, 4) is 11.3 Å². The minimum absolute atomic E-state index is 0.0423. The second-order valence-corrected chi connectivity index (χ2v) is 12.1. The molecule has 4 heterocycles. The zero-order valence-electron chi connectivity index (χ0n) is 23.6. The number of pyridine rings is 1. The molecule has 4 aromatic rings. The molecule has 1 aliphatic rings. The molecule has 0 bridgehead atoms. The maximum atomic E-state index is 13.4. The summed E-state index contributed by atoms with van der Waals surface area (Å²) in [6, 6.07) is 10.2. The zero-order chi connectivity index (χ0) is 29.3. The number of aliphatic carboxylic acids is 1. The number of thiazole rings is 1. The van der Waals surface area contributed by atoms with E-state index in [1.165, 1.54) is 23.5 Å². The molecule has 216 valence electrons. The summed E-state index contributed by atoms with van der Waals surface area (Å²) in [5, 5.41) is 12.0. The number of fused-ring (bicyclic) bond motifs is 1. The number of anilines is 2. The van der Waals surface area contributed by atoms with E-state index in [0.29, 0.717) is 23.9 Å². The first-order valence-electron chi connectivity index (χ1n) is 13.6. The van der Waals surface area contributed by atoms with Gasteiger partial charge in [0.05, 0.1) is 17.8 Å². The van der Waals surface area contributed by atoms with Crippen molar-refractivity contribution in [2.45, 2.75) is 58.0 Å². The van der Waals surface area contributed by atoms with Crippen molar-refractivity contribution in [1.29, 1.82) is 0 Å². The molecule has 41 heavy (non-hydrogen) atoms. The van der Waals surface area contributed by atoms with Gasteiger partial charge in [-0.3, -0.25) is 9.20 Å². The lowest BCUT2D eigenvalue weighted by Gasteiger charge is -2.33. The summed E-state index contributed by atoms with van der Waals surface area (Å²) in [5.41, 5.74) is 3.53. The summed E-state index contributed by atoms with van der Waals surface area (Å²) >= 11 is 1.45. The molecule has 0 unspecified atom stereocenters. The first kappa shape index (κ1) is 28.5. The molecule has 1 aliphatic heterocycles. The number of rotatable bonds is 7. The van der Waals surface area contributed by atoms with E-state index < -0.39 is 11.6 Å².